The van der Waals surface area contributed by atoms with Crippen LogP contribution in [0.3, 0.4) is 0 Å². The summed E-state index contributed by atoms with van der Waals surface area (Å²) in [5.41, 5.74) is 2.28. The molecule has 1 aromatic heterocycles. The van der Waals surface area contributed by atoms with E-state index in [0.29, 0.717) is 17.0 Å². The molecule has 0 saturated heterocycles. The quantitative estimate of drug-likeness (QED) is 0.617. The maximum absolute atomic E-state index is 13.7. The van der Waals surface area contributed by atoms with E-state index in [1.165, 1.54) is 3.97 Å². The zero-order valence-corrected chi connectivity index (χ0v) is 18.4. The van der Waals surface area contributed by atoms with Gasteiger partial charge in [-0.25, -0.2) is 12.4 Å². The van der Waals surface area contributed by atoms with Crippen LogP contribution in [-0.2, 0) is 26.2 Å². The molecule has 6 nitrogen and oxygen atoms in total. The minimum atomic E-state index is -3.88. The van der Waals surface area contributed by atoms with Gasteiger partial charge in [0.05, 0.1) is 35.4 Å². The van der Waals surface area contributed by atoms with Gasteiger partial charge in [-0.05, 0) is 61.9 Å². The second kappa shape index (κ2) is 6.80. The average molecular weight is 438 g/mol. The number of ketones is 1. The highest BCUT2D eigenvalue weighted by molar-refractivity contribution is 7.90. The van der Waals surface area contributed by atoms with Gasteiger partial charge in [0.2, 0.25) is 0 Å². The Bertz CT molecular complexity index is 1350. The Morgan fingerprint density at radius 3 is 2.61 bits per heavy atom. The summed E-state index contributed by atoms with van der Waals surface area (Å²) in [4.78, 5) is 12.5. The van der Waals surface area contributed by atoms with Gasteiger partial charge in [-0.1, -0.05) is 17.7 Å². The number of rotatable bonds is 3. The van der Waals surface area contributed by atoms with Gasteiger partial charge in [-0.3, -0.25) is 4.79 Å². The minimum Gasteiger partial charge on any atom is -0.497 e. The third kappa shape index (κ3) is 2.95. The molecule has 0 fully saturated rings. The van der Waals surface area contributed by atoms with E-state index in [2.05, 4.69) is 0 Å². The van der Waals surface area contributed by atoms with Crippen molar-refractivity contribution in [2.75, 3.05) is 7.11 Å². The predicted octanol–water partition coefficient (Wildman–Crippen LogP) is 4.10. The first-order valence-corrected chi connectivity index (χ1v) is 11.6. The Balaban J connectivity index is 1.83. The fraction of sp³-hybridized carbons (Fsp3) is 0.292. The molecule has 0 radical (unpaired) electrons. The Hall–Kier alpha value is -2.90. The Morgan fingerprint density at radius 1 is 1.16 bits per heavy atom. The van der Waals surface area contributed by atoms with Crippen molar-refractivity contribution in [3.8, 4) is 5.75 Å². The summed E-state index contributed by atoms with van der Waals surface area (Å²) in [5.74, 6) is 0.355. The number of hydrogen-bond acceptors (Lipinski definition) is 5. The molecule has 2 aliphatic rings. The number of aryl methyl sites for hydroxylation is 1. The molecule has 2 atom stereocenters. The lowest BCUT2D eigenvalue weighted by Gasteiger charge is -2.41. The van der Waals surface area contributed by atoms with E-state index < -0.39 is 15.6 Å². The Kier molecular flexibility index (Phi) is 4.39. The molecule has 5 rings (SSSR count). The molecule has 2 heterocycles. The number of nitrogens with zero attached hydrogens (tertiary/aromatic N) is 1. The molecule has 0 unspecified atom stereocenters. The molecular weight excluding hydrogens is 414 g/mol. The highest BCUT2D eigenvalue weighted by atomic mass is 32.2. The van der Waals surface area contributed by atoms with Crippen LogP contribution in [0.4, 0.5) is 0 Å². The molecule has 0 saturated carbocycles. The summed E-state index contributed by atoms with van der Waals surface area (Å²) in [5, 5.41) is 0.771. The van der Waals surface area contributed by atoms with Crippen LogP contribution in [-0.4, -0.2) is 30.9 Å². The number of fused-ring (bicyclic) bond motifs is 5. The van der Waals surface area contributed by atoms with Crippen LogP contribution < -0.4 is 4.74 Å². The second-order valence-corrected chi connectivity index (χ2v) is 10.1. The van der Waals surface area contributed by atoms with Gasteiger partial charge in [-0.2, -0.15) is 0 Å². The lowest BCUT2D eigenvalue weighted by Crippen LogP contribution is -2.42. The highest BCUT2D eigenvalue weighted by Gasteiger charge is 2.46. The van der Waals surface area contributed by atoms with Gasteiger partial charge in [0, 0.05) is 17.7 Å². The number of hydrogen-bond donors (Lipinski definition) is 0. The number of carbonyl (C=O) groups is 1. The van der Waals surface area contributed by atoms with Gasteiger partial charge < -0.3 is 9.47 Å². The van der Waals surface area contributed by atoms with Gasteiger partial charge in [-0.15, -0.1) is 0 Å². The Morgan fingerprint density at radius 2 is 1.90 bits per heavy atom. The van der Waals surface area contributed by atoms with Gasteiger partial charge in [0.25, 0.3) is 10.0 Å². The molecule has 7 heteroatoms. The van der Waals surface area contributed by atoms with Crippen molar-refractivity contribution >= 4 is 26.7 Å². The van der Waals surface area contributed by atoms with E-state index in [9.17, 15) is 13.2 Å². The SMILES string of the molecule is COc1ccc2c(c1)c1c(n2S(=O)(=O)c2ccc(C)cc2)CO[C@]2(C)C=CC(=O)C[C@H]12. The number of benzene rings is 2. The standard InChI is InChI=1S/C24H23NO5S/c1-15-4-7-18(8-5-15)31(27,28)25-21-9-6-17(29-3)13-19(21)23-20-12-16(26)10-11-24(20,2)30-14-22(23)25/h4-11,13,20H,12,14H2,1-3H3/t20-,24-/m1/s1. The van der Waals surface area contributed by atoms with Crippen LogP contribution in [0.25, 0.3) is 10.9 Å². The second-order valence-electron chi connectivity index (χ2n) is 8.35. The van der Waals surface area contributed by atoms with E-state index >= 15 is 0 Å². The van der Waals surface area contributed by atoms with Gasteiger partial charge >= 0.3 is 0 Å². The van der Waals surface area contributed by atoms with Gasteiger partial charge in [0.1, 0.15) is 5.75 Å². The van der Waals surface area contributed by atoms with E-state index in [0.717, 1.165) is 16.5 Å². The summed E-state index contributed by atoms with van der Waals surface area (Å²) < 4.78 is 40.5. The molecule has 0 N–H and O–H groups in total. The smallest absolute Gasteiger partial charge is 0.268 e. The number of aromatic nitrogens is 1. The van der Waals surface area contributed by atoms with Crippen LogP contribution >= 0.6 is 0 Å². The minimum absolute atomic E-state index is 0.00381. The zero-order valence-electron chi connectivity index (χ0n) is 17.6. The number of allylic oxidation sites excluding steroid dienone is 1. The van der Waals surface area contributed by atoms with Crippen LogP contribution in [0, 0.1) is 6.92 Å². The molecule has 0 amide bonds. The topological polar surface area (TPSA) is 74.6 Å². The van der Waals surface area contributed by atoms with E-state index in [4.69, 9.17) is 9.47 Å². The van der Waals surface area contributed by atoms with Crippen molar-refractivity contribution in [3.63, 3.8) is 0 Å². The summed E-state index contributed by atoms with van der Waals surface area (Å²) >= 11 is 0. The first-order chi connectivity index (χ1) is 14.7. The van der Waals surface area contributed by atoms with E-state index in [1.54, 1.807) is 55.7 Å². The van der Waals surface area contributed by atoms with Crippen molar-refractivity contribution in [2.24, 2.45) is 0 Å². The summed E-state index contributed by atoms with van der Waals surface area (Å²) in [7, 11) is -2.30. The number of ether oxygens (including phenoxy) is 2. The first kappa shape index (κ1) is 20.0. The van der Waals surface area contributed by atoms with Gasteiger partial charge in [0.15, 0.2) is 5.78 Å². The summed E-state index contributed by atoms with van der Waals surface area (Å²) in [6, 6.07) is 12.2. The molecule has 0 bridgehead atoms. The van der Waals surface area contributed by atoms with Crippen LogP contribution in [0.2, 0.25) is 0 Å². The van der Waals surface area contributed by atoms with Crippen molar-refractivity contribution < 1.29 is 22.7 Å². The summed E-state index contributed by atoms with van der Waals surface area (Å²) in [6.45, 7) is 3.99. The lowest BCUT2D eigenvalue weighted by atomic mass is 9.74. The molecular formula is C24H23NO5S. The monoisotopic (exact) mass is 437 g/mol. The Labute approximate surface area is 181 Å². The normalized spacial score (nSPS) is 22.9. The van der Waals surface area contributed by atoms with E-state index in [1.807, 2.05) is 19.9 Å². The highest BCUT2D eigenvalue weighted by Crippen LogP contribution is 2.49. The molecule has 3 aromatic rings. The van der Waals surface area contributed by atoms with Crippen molar-refractivity contribution in [3.05, 3.63) is 71.4 Å². The largest absolute Gasteiger partial charge is 0.497 e. The van der Waals surface area contributed by atoms with E-state index in [-0.39, 0.29) is 29.6 Å². The molecule has 2 aromatic carbocycles. The predicted molar refractivity (Wildman–Crippen MR) is 117 cm³/mol. The fourth-order valence-corrected chi connectivity index (χ4v) is 6.22. The number of methoxy groups -OCH3 is 1. The third-order valence-corrected chi connectivity index (χ3v) is 8.16. The average Bonchev–Trinajstić information content (AvgIpc) is 3.09. The van der Waals surface area contributed by atoms with Crippen LogP contribution in [0.5, 0.6) is 5.75 Å². The van der Waals surface area contributed by atoms with Crippen molar-refractivity contribution in [1.82, 2.24) is 3.97 Å². The first-order valence-electron chi connectivity index (χ1n) is 10.1. The molecule has 0 spiro atoms. The maximum atomic E-state index is 13.7. The maximum Gasteiger partial charge on any atom is 0.268 e. The zero-order chi connectivity index (χ0) is 22.0. The molecule has 1 aliphatic heterocycles. The summed E-state index contributed by atoms with van der Waals surface area (Å²) in [6.07, 6.45) is 3.62. The van der Waals surface area contributed by atoms with Crippen LogP contribution in [0.15, 0.2) is 59.5 Å². The third-order valence-electron chi connectivity index (χ3n) is 6.39. The number of carbonyl (C=O) groups excluding carboxylic acids is 1. The molecule has 160 valence electrons. The van der Waals surface area contributed by atoms with Crippen molar-refractivity contribution in [1.29, 1.82) is 0 Å². The van der Waals surface area contributed by atoms with Crippen molar-refractivity contribution in [2.45, 2.75) is 43.3 Å². The fourth-order valence-electron chi connectivity index (χ4n) is 4.67. The van der Waals surface area contributed by atoms with Crippen LogP contribution in [0.1, 0.15) is 36.1 Å². The lowest BCUT2D eigenvalue weighted by molar-refractivity contribution is -0.119. The molecule has 31 heavy (non-hydrogen) atoms. The molecule has 1 aliphatic carbocycles.